The van der Waals surface area contributed by atoms with Gasteiger partial charge in [0.15, 0.2) is 0 Å². The Labute approximate surface area is 102 Å². The van der Waals surface area contributed by atoms with Crippen LogP contribution in [0.4, 0.5) is 0 Å². The molecule has 0 amide bonds. The molecule has 17 heavy (non-hydrogen) atoms. The molecule has 0 atom stereocenters. The Balaban J connectivity index is 2.30. The highest BCUT2D eigenvalue weighted by molar-refractivity contribution is 7.25. The highest BCUT2D eigenvalue weighted by Gasteiger charge is 2.16. The van der Waals surface area contributed by atoms with Crippen molar-refractivity contribution >= 4 is 44.0 Å². The molecule has 3 aromatic rings. The van der Waals surface area contributed by atoms with Crippen LogP contribution in [0.5, 0.6) is 0 Å². The Hall–Kier alpha value is -1.72. The van der Waals surface area contributed by atoms with E-state index in [1.807, 2.05) is 24.3 Å². The maximum Gasteiger partial charge on any atom is 0.517 e. The van der Waals surface area contributed by atoms with Crippen molar-refractivity contribution in [1.82, 2.24) is 0 Å². The molecule has 0 fully saturated rings. The summed E-state index contributed by atoms with van der Waals surface area (Å²) in [6.07, 6.45) is 0. The van der Waals surface area contributed by atoms with Gasteiger partial charge in [0, 0.05) is 20.2 Å². The number of thiophene rings is 1. The second-order valence-corrected chi connectivity index (χ2v) is 4.92. The van der Waals surface area contributed by atoms with E-state index >= 15 is 0 Å². The van der Waals surface area contributed by atoms with Gasteiger partial charge in [0.1, 0.15) is 0 Å². The molecule has 0 bridgehead atoms. The van der Waals surface area contributed by atoms with Crippen LogP contribution in [0.15, 0.2) is 47.6 Å². The first kappa shape index (κ1) is 10.4. The molecular weight excluding hydrogens is 233 g/mol. The number of fused-ring (bicyclic) bond motifs is 3. The number of hydrogen-bond acceptors (Lipinski definition) is 4. The van der Waals surface area contributed by atoms with Gasteiger partial charge in [-0.15, -0.1) is 11.3 Å². The van der Waals surface area contributed by atoms with E-state index < -0.39 is 7.05 Å². The number of nitrogens with zero attached hydrogens (tertiary/aromatic N) is 1. The van der Waals surface area contributed by atoms with Crippen LogP contribution in [0.1, 0.15) is 0 Å². The second kappa shape index (κ2) is 3.94. The third-order valence-corrected chi connectivity index (χ3v) is 3.93. The number of hydrogen-bond donors (Lipinski definition) is 1. The summed E-state index contributed by atoms with van der Waals surface area (Å²) in [5, 5.41) is 14.4. The third kappa shape index (κ3) is 1.64. The summed E-state index contributed by atoms with van der Waals surface area (Å²) in [5.41, 5.74) is 0.541. The zero-order valence-corrected chi connectivity index (χ0v) is 9.65. The van der Waals surface area contributed by atoms with Crippen LogP contribution in [-0.2, 0) is 0 Å². The number of rotatable bonds is 2. The van der Waals surface area contributed by atoms with Crippen molar-refractivity contribution in [2.75, 3.05) is 0 Å². The maximum atomic E-state index is 10.3. The zero-order valence-electron chi connectivity index (χ0n) is 8.83. The summed E-state index contributed by atoms with van der Waals surface area (Å²) in [5.74, 6) is 0. The van der Waals surface area contributed by atoms with Crippen LogP contribution >= 0.6 is 11.3 Å². The van der Waals surface area contributed by atoms with Crippen LogP contribution in [0.2, 0.25) is 0 Å². The summed E-state index contributed by atoms with van der Waals surface area (Å²) in [4.78, 5) is 10.3. The second-order valence-electron chi connectivity index (χ2n) is 3.83. The Morgan fingerprint density at radius 1 is 1.06 bits per heavy atom. The predicted molar refractivity (Wildman–Crippen MR) is 72.7 cm³/mol. The SMILES string of the molecule is O=NB(O)c1ccc2c(c1)sc1ccccc12. The van der Waals surface area contributed by atoms with Crippen molar-refractivity contribution in [3.05, 3.63) is 47.4 Å². The van der Waals surface area contributed by atoms with Crippen LogP contribution in [-0.4, -0.2) is 12.1 Å². The average molecular weight is 241 g/mol. The van der Waals surface area contributed by atoms with Crippen molar-refractivity contribution in [3.8, 4) is 0 Å². The molecule has 3 nitrogen and oxygen atoms in total. The Kier molecular flexibility index (Phi) is 2.42. The van der Waals surface area contributed by atoms with E-state index in [2.05, 4.69) is 17.2 Å². The Bertz CT molecular complexity index is 710. The van der Waals surface area contributed by atoms with Gasteiger partial charge >= 0.3 is 7.05 Å². The lowest BCUT2D eigenvalue weighted by atomic mass is 9.76. The first-order valence-electron chi connectivity index (χ1n) is 5.21. The predicted octanol–water partition coefficient (Wildman–Crippen LogP) is 2.51. The summed E-state index contributed by atoms with van der Waals surface area (Å²) in [6.45, 7) is 0. The molecular formula is C12H8BNO2S. The minimum atomic E-state index is -1.27. The van der Waals surface area contributed by atoms with Crippen molar-refractivity contribution < 1.29 is 5.02 Å². The van der Waals surface area contributed by atoms with Gasteiger partial charge in [-0.2, -0.15) is 4.91 Å². The van der Waals surface area contributed by atoms with Crippen LogP contribution in [0.3, 0.4) is 0 Å². The molecule has 0 aliphatic rings. The lowest BCUT2D eigenvalue weighted by Gasteiger charge is -1.97. The molecule has 1 N–H and O–H groups in total. The fourth-order valence-corrected chi connectivity index (χ4v) is 3.12. The maximum absolute atomic E-state index is 10.3. The van der Waals surface area contributed by atoms with Gasteiger partial charge in [-0.1, -0.05) is 35.4 Å². The lowest BCUT2D eigenvalue weighted by Crippen LogP contribution is -2.27. The lowest BCUT2D eigenvalue weighted by molar-refractivity contribution is 0.587. The van der Waals surface area contributed by atoms with Crippen LogP contribution in [0, 0.1) is 4.91 Å². The first-order chi connectivity index (χ1) is 8.29. The fourth-order valence-electron chi connectivity index (χ4n) is 1.96. The van der Waals surface area contributed by atoms with Crippen LogP contribution < -0.4 is 5.46 Å². The molecule has 82 valence electrons. The molecule has 5 heteroatoms. The summed E-state index contributed by atoms with van der Waals surface area (Å²) in [6, 6.07) is 13.6. The summed E-state index contributed by atoms with van der Waals surface area (Å²) in [7, 11) is -1.27. The quantitative estimate of drug-likeness (QED) is 0.553. The standard InChI is InChI=1S/C12H8BNO2S/c15-13(14-16)8-5-6-10-9-3-1-2-4-11(9)17-12(10)7-8/h1-7,15H. The fraction of sp³-hybridized carbons (Fsp3) is 0. The van der Waals surface area contributed by atoms with Crippen molar-refractivity contribution in [2.45, 2.75) is 0 Å². The van der Waals surface area contributed by atoms with Gasteiger partial charge in [-0.05, 0) is 17.6 Å². The molecule has 0 unspecified atom stereocenters. The topological polar surface area (TPSA) is 49.7 Å². The van der Waals surface area contributed by atoms with E-state index in [4.69, 9.17) is 0 Å². The number of benzene rings is 2. The van der Waals surface area contributed by atoms with Gasteiger partial charge in [0.05, 0.1) is 0 Å². The Morgan fingerprint density at radius 2 is 1.82 bits per heavy atom. The van der Waals surface area contributed by atoms with Gasteiger partial charge in [0.25, 0.3) is 0 Å². The van der Waals surface area contributed by atoms with E-state index in [0.29, 0.717) is 5.46 Å². The summed E-state index contributed by atoms with van der Waals surface area (Å²) >= 11 is 1.65. The van der Waals surface area contributed by atoms with Gasteiger partial charge in [-0.25, -0.2) is 0 Å². The molecule has 0 radical (unpaired) electrons. The van der Waals surface area contributed by atoms with Crippen LogP contribution in [0.25, 0.3) is 20.2 Å². The van der Waals surface area contributed by atoms with E-state index in [-0.39, 0.29) is 0 Å². The minimum absolute atomic E-state index is 0.541. The van der Waals surface area contributed by atoms with Crippen molar-refractivity contribution in [3.63, 3.8) is 0 Å². The third-order valence-electron chi connectivity index (χ3n) is 2.80. The average Bonchev–Trinajstić information content (AvgIpc) is 2.75. The molecule has 1 heterocycles. The van der Waals surface area contributed by atoms with Gasteiger partial charge < -0.3 is 5.02 Å². The highest BCUT2D eigenvalue weighted by Crippen LogP contribution is 2.32. The minimum Gasteiger partial charge on any atom is -0.425 e. The molecule has 0 saturated heterocycles. The zero-order chi connectivity index (χ0) is 11.8. The van der Waals surface area contributed by atoms with E-state index in [0.717, 1.165) is 10.1 Å². The molecule has 0 saturated carbocycles. The largest absolute Gasteiger partial charge is 0.517 e. The first-order valence-corrected chi connectivity index (χ1v) is 6.03. The monoisotopic (exact) mass is 241 g/mol. The Morgan fingerprint density at radius 3 is 2.65 bits per heavy atom. The molecule has 0 spiro atoms. The smallest absolute Gasteiger partial charge is 0.425 e. The van der Waals surface area contributed by atoms with E-state index in [1.165, 1.54) is 10.1 Å². The molecule has 1 aromatic heterocycles. The molecule has 0 aliphatic heterocycles. The normalized spacial score (nSPS) is 10.9. The van der Waals surface area contributed by atoms with Crippen molar-refractivity contribution in [1.29, 1.82) is 0 Å². The van der Waals surface area contributed by atoms with E-state index in [1.54, 1.807) is 17.4 Å². The molecule has 2 aromatic carbocycles. The highest BCUT2D eigenvalue weighted by atomic mass is 32.1. The molecule has 0 aliphatic carbocycles. The number of nitroso groups, excluding NO2 is 1. The molecule has 3 rings (SSSR count). The van der Waals surface area contributed by atoms with Gasteiger partial charge in [0.2, 0.25) is 0 Å². The van der Waals surface area contributed by atoms with Crippen molar-refractivity contribution in [2.24, 2.45) is 5.09 Å². The van der Waals surface area contributed by atoms with E-state index in [9.17, 15) is 9.93 Å². The summed E-state index contributed by atoms with van der Waals surface area (Å²) < 4.78 is 2.26. The van der Waals surface area contributed by atoms with Gasteiger partial charge in [-0.3, -0.25) is 0 Å².